The molecule has 0 radical (unpaired) electrons. The van der Waals surface area contributed by atoms with Gasteiger partial charge in [0.1, 0.15) is 5.75 Å². The number of imide groups is 1. The van der Waals surface area contributed by atoms with Crippen LogP contribution in [0.4, 0.5) is 17.1 Å². The molecule has 1 aromatic heterocycles. The number of nitrogens with one attached hydrogen (secondary N) is 1. The number of carbonyl (C=O) groups excluding carboxylic acids is 2. The van der Waals surface area contributed by atoms with Crippen molar-refractivity contribution < 1.29 is 29.3 Å². The van der Waals surface area contributed by atoms with Gasteiger partial charge in [-0.3, -0.25) is 19.5 Å². The number of hydrogen-bond acceptors (Lipinski definition) is 8. The van der Waals surface area contributed by atoms with Crippen molar-refractivity contribution in [1.29, 1.82) is 0 Å². The first-order valence-corrected chi connectivity index (χ1v) is 24.7. The van der Waals surface area contributed by atoms with Crippen LogP contribution >= 0.6 is 0 Å². The number of nitrogens with zero attached hydrogens (tertiary/aromatic N) is 2. The minimum absolute atomic E-state index is 0.0930. The molecular formula is C56H59N3O6Si. The minimum Gasteiger partial charge on any atom is -0.507 e. The fraction of sp³-hybridized carbons (Fsp3) is 0.268. The van der Waals surface area contributed by atoms with Crippen LogP contribution in [-0.2, 0) is 14.0 Å². The summed E-state index contributed by atoms with van der Waals surface area (Å²) in [4.78, 5) is 35.4. The van der Waals surface area contributed by atoms with E-state index in [9.17, 15) is 24.9 Å². The third kappa shape index (κ3) is 9.19. The lowest BCUT2D eigenvalue weighted by molar-refractivity contribution is -0.123. The van der Waals surface area contributed by atoms with Gasteiger partial charge in [-0.1, -0.05) is 106 Å². The van der Waals surface area contributed by atoms with Gasteiger partial charge in [-0.05, 0) is 149 Å². The van der Waals surface area contributed by atoms with Crippen LogP contribution in [0.2, 0.25) is 5.04 Å². The minimum atomic E-state index is -3.11. The fourth-order valence-corrected chi connectivity index (χ4v) is 14.8. The van der Waals surface area contributed by atoms with Crippen LogP contribution in [0.5, 0.6) is 5.75 Å². The van der Waals surface area contributed by atoms with E-state index in [1.807, 2.05) is 129 Å². The molecule has 2 heterocycles. The quantitative estimate of drug-likeness (QED) is 0.0456. The van der Waals surface area contributed by atoms with E-state index < -0.39 is 44.7 Å². The molecule has 1 saturated heterocycles. The number of phenols is 1. The number of aromatic hydroxyl groups is 1. The molecule has 338 valence electrons. The number of carbonyl (C=O) groups is 2. The van der Waals surface area contributed by atoms with E-state index in [2.05, 4.69) is 55.3 Å². The summed E-state index contributed by atoms with van der Waals surface area (Å²) in [7, 11) is -3.11. The molecule has 8 rings (SSSR count). The Hall–Kier alpha value is -6.43. The summed E-state index contributed by atoms with van der Waals surface area (Å²) >= 11 is 0. The highest BCUT2D eigenvalue weighted by atomic mass is 28.4. The highest BCUT2D eigenvalue weighted by molar-refractivity contribution is 6.99. The molecule has 1 fully saturated rings. The molecule has 2 amide bonds. The van der Waals surface area contributed by atoms with Gasteiger partial charge in [-0.15, -0.1) is 0 Å². The van der Waals surface area contributed by atoms with Crippen molar-refractivity contribution in [2.45, 2.75) is 65.0 Å². The third-order valence-corrected chi connectivity index (χ3v) is 18.3. The first-order chi connectivity index (χ1) is 31.8. The lowest BCUT2D eigenvalue weighted by Gasteiger charge is -2.44. The van der Waals surface area contributed by atoms with Crippen molar-refractivity contribution in [2.24, 2.45) is 17.8 Å². The predicted octanol–water partition coefficient (Wildman–Crippen LogP) is 9.52. The van der Waals surface area contributed by atoms with E-state index in [-0.39, 0.29) is 36.1 Å². The van der Waals surface area contributed by atoms with Crippen molar-refractivity contribution in [3.8, 4) is 5.75 Å². The average Bonchev–Trinajstić information content (AvgIpc) is 3.58. The fourth-order valence-electron chi connectivity index (χ4n) is 10.2. The maximum absolute atomic E-state index is 14.7. The van der Waals surface area contributed by atoms with Crippen LogP contribution in [-0.4, -0.2) is 59.8 Å². The number of phenolic OH excluding ortho intramolecular Hbond substituents is 1. The van der Waals surface area contributed by atoms with E-state index in [1.165, 1.54) is 4.90 Å². The molecule has 1 aliphatic carbocycles. The average molecular weight is 898 g/mol. The Kier molecular flexibility index (Phi) is 13.7. The topological polar surface area (TPSA) is 132 Å². The Morgan fingerprint density at radius 3 is 1.95 bits per heavy atom. The summed E-state index contributed by atoms with van der Waals surface area (Å²) in [6.07, 6.45) is 3.51. The number of aliphatic hydroxyl groups excluding tert-OH is 2. The maximum atomic E-state index is 14.7. The molecule has 10 heteroatoms. The number of para-hydroxylation sites is 1. The maximum Gasteiger partial charge on any atom is 0.261 e. The second-order valence-corrected chi connectivity index (χ2v) is 22.9. The molecule has 9 nitrogen and oxygen atoms in total. The van der Waals surface area contributed by atoms with Gasteiger partial charge in [0.2, 0.25) is 11.8 Å². The number of rotatable bonds is 15. The highest BCUT2D eigenvalue weighted by Gasteiger charge is 2.56. The molecule has 0 bridgehead atoms. The van der Waals surface area contributed by atoms with Gasteiger partial charge < -0.3 is 25.1 Å². The van der Waals surface area contributed by atoms with Crippen LogP contribution in [0, 0.1) is 31.6 Å². The second kappa shape index (κ2) is 19.6. The van der Waals surface area contributed by atoms with Crippen LogP contribution in [0.3, 0.4) is 0 Å². The lowest BCUT2D eigenvalue weighted by atomic mass is 9.68. The Balaban J connectivity index is 1.18. The molecule has 0 unspecified atom stereocenters. The normalized spacial score (nSPS) is 18.4. The van der Waals surface area contributed by atoms with Gasteiger partial charge in [0.25, 0.3) is 8.32 Å². The van der Waals surface area contributed by atoms with E-state index in [0.717, 1.165) is 55.3 Å². The van der Waals surface area contributed by atoms with E-state index in [0.29, 0.717) is 17.7 Å². The monoisotopic (exact) mass is 897 g/mol. The van der Waals surface area contributed by atoms with Crippen LogP contribution in [0.1, 0.15) is 62.4 Å². The zero-order valence-electron chi connectivity index (χ0n) is 38.3. The number of hydrogen-bond donors (Lipinski definition) is 4. The van der Waals surface area contributed by atoms with E-state index in [4.69, 9.17) is 4.43 Å². The van der Waals surface area contributed by atoms with Gasteiger partial charge in [-0.2, -0.15) is 0 Å². The Morgan fingerprint density at radius 1 is 0.818 bits per heavy atom. The predicted molar refractivity (Wildman–Crippen MR) is 266 cm³/mol. The zero-order valence-corrected chi connectivity index (χ0v) is 39.3. The number of anilines is 3. The highest BCUT2D eigenvalue weighted by Crippen LogP contribution is 2.48. The first kappa shape index (κ1) is 46.1. The number of pyridine rings is 1. The van der Waals surface area contributed by atoms with Gasteiger partial charge in [0.15, 0.2) is 0 Å². The number of benzene rings is 5. The van der Waals surface area contributed by atoms with Gasteiger partial charge in [0, 0.05) is 23.5 Å². The number of aromatic nitrogens is 1. The van der Waals surface area contributed by atoms with E-state index >= 15 is 0 Å². The van der Waals surface area contributed by atoms with Gasteiger partial charge >= 0.3 is 0 Å². The summed E-state index contributed by atoms with van der Waals surface area (Å²) in [5.74, 6) is -2.97. The molecule has 4 N–H and O–H groups in total. The van der Waals surface area contributed by atoms with Gasteiger partial charge in [-0.25, -0.2) is 0 Å². The summed E-state index contributed by atoms with van der Waals surface area (Å²) in [5.41, 5.74) is 7.48. The molecule has 66 heavy (non-hydrogen) atoms. The van der Waals surface area contributed by atoms with Crippen molar-refractivity contribution in [3.63, 3.8) is 0 Å². The number of aryl methyl sites for hydroxylation is 2. The molecule has 1 aliphatic heterocycles. The number of amides is 2. The summed E-state index contributed by atoms with van der Waals surface area (Å²) < 4.78 is 7.50. The lowest BCUT2D eigenvalue weighted by Crippen LogP contribution is -2.66. The van der Waals surface area contributed by atoms with Crippen molar-refractivity contribution in [2.75, 3.05) is 23.4 Å². The Bertz CT molecular complexity index is 2660. The first-order valence-electron chi connectivity index (χ1n) is 22.8. The van der Waals surface area contributed by atoms with Crippen LogP contribution in [0.25, 0.3) is 11.6 Å². The largest absolute Gasteiger partial charge is 0.507 e. The molecule has 0 saturated carbocycles. The molecule has 5 aromatic carbocycles. The molecule has 2 aliphatic rings. The van der Waals surface area contributed by atoms with Crippen LogP contribution < -0.4 is 20.6 Å². The third-order valence-electron chi connectivity index (χ3n) is 13.3. The van der Waals surface area contributed by atoms with Crippen LogP contribution in [0.15, 0.2) is 163 Å². The van der Waals surface area contributed by atoms with E-state index in [1.54, 1.807) is 18.3 Å². The van der Waals surface area contributed by atoms with Gasteiger partial charge in [0.05, 0.1) is 42.5 Å². The summed E-state index contributed by atoms with van der Waals surface area (Å²) in [5, 5.41) is 39.8. The SMILES string of the molecule is Cc1cc(/C=C(/CC[C@@H](O)C2=C(CO[Si](c3ccccc3)(c3ccccc3)C(C)(C)C)C[C@H]3C(=O)N(c4ccc(Nc5ccccc5)cc4)C(=O)[C@H]3[C@H]2CO)c2ccccn2)cc(C)c1O. The van der Waals surface area contributed by atoms with Crippen molar-refractivity contribution in [1.82, 2.24) is 4.98 Å². The zero-order chi connectivity index (χ0) is 46.6. The Morgan fingerprint density at radius 2 is 1.39 bits per heavy atom. The van der Waals surface area contributed by atoms with Crippen molar-refractivity contribution in [3.05, 3.63) is 185 Å². The number of fused-ring (bicyclic) bond motifs is 1. The molecule has 4 atom stereocenters. The standard InChI is InChI=1S/C56H59N3O6Si/c1-37-31-39(32-38(2)53(37)62)33-40(49-23-15-16-30-57-49)24-29-50(61)51-41(36-65-66(56(3,4)5,45-19-11-7-12-20-45)46-21-13-8-14-22-46)34-47-52(48(51)35-60)55(64)59(54(47)63)44-27-25-43(26-28-44)58-42-17-9-6-10-18-42/h6-23,25-28,30-33,47-48,50,52,58,60-62H,24,29,34-36H2,1-5H3/b40-33-/t47-,48+,50-,52-/m1/s1. The molecule has 6 aromatic rings. The smallest absolute Gasteiger partial charge is 0.261 e. The number of aliphatic hydroxyl groups is 2. The summed E-state index contributed by atoms with van der Waals surface area (Å²) in [6, 6.07) is 47.2. The Labute approximate surface area is 389 Å². The molecular weight excluding hydrogens is 839 g/mol. The summed E-state index contributed by atoms with van der Waals surface area (Å²) in [6.45, 7) is 10.00. The number of allylic oxidation sites excluding steroid dienone is 1. The molecule has 0 spiro atoms. The van der Waals surface area contributed by atoms with Crippen molar-refractivity contribution >= 4 is 59.2 Å². The second-order valence-electron chi connectivity index (χ2n) is 18.6.